The molecule has 0 radical (unpaired) electrons. The Labute approximate surface area is 128 Å². The van der Waals surface area contributed by atoms with Gasteiger partial charge in [-0.3, -0.25) is 0 Å². The van der Waals surface area contributed by atoms with Crippen molar-refractivity contribution in [3.63, 3.8) is 0 Å². The van der Waals surface area contributed by atoms with Gasteiger partial charge in [-0.05, 0) is 63.8 Å². The van der Waals surface area contributed by atoms with E-state index in [-0.39, 0.29) is 0 Å². The van der Waals surface area contributed by atoms with E-state index < -0.39 is 10.0 Å². The number of sulfonamides is 1. The molecule has 0 bridgehead atoms. The van der Waals surface area contributed by atoms with Crippen LogP contribution in [0.15, 0.2) is 23.1 Å². The van der Waals surface area contributed by atoms with E-state index in [0.717, 1.165) is 30.6 Å². The van der Waals surface area contributed by atoms with Crippen LogP contribution in [0.4, 0.5) is 0 Å². The maximum absolute atomic E-state index is 12.3. The molecule has 6 heteroatoms. The minimum Gasteiger partial charge on any atom is -0.313 e. The molecule has 0 aromatic heterocycles. The van der Waals surface area contributed by atoms with Gasteiger partial charge in [0.1, 0.15) is 0 Å². The van der Waals surface area contributed by atoms with Gasteiger partial charge < -0.3 is 10.2 Å². The molecular formula is C15H27N3O2S. The largest absolute Gasteiger partial charge is 0.313 e. The molecule has 5 nitrogen and oxygen atoms in total. The minimum atomic E-state index is -3.42. The lowest BCUT2D eigenvalue weighted by Crippen LogP contribution is -2.27. The number of nitrogens with one attached hydrogen (secondary N) is 2. The third-order valence-electron chi connectivity index (χ3n) is 3.27. The third kappa shape index (κ3) is 6.13. The van der Waals surface area contributed by atoms with E-state index in [4.69, 9.17) is 0 Å². The second-order valence-electron chi connectivity index (χ2n) is 5.42. The molecule has 0 saturated carbocycles. The molecule has 0 fully saturated rings. The zero-order valence-corrected chi connectivity index (χ0v) is 14.3. The highest BCUT2D eigenvalue weighted by Crippen LogP contribution is 2.15. The van der Waals surface area contributed by atoms with Crippen LogP contribution >= 0.6 is 0 Å². The highest BCUT2D eigenvalue weighted by molar-refractivity contribution is 7.89. The van der Waals surface area contributed by atoms with Crippen molar-refractivity contribution in [3.05, 3.63) is 29.3 Å². The SMILES string of the molecule is CCNCc1cc(S(=O)(=O)NCCCN(C)C)ccc1C. The van der Waals surface area contributed by atoms with E-state index in [1.54, 1.807) is 12.1 Å². The zero-order chi connectivity index (χ0) is 15.9. The second kappa shape index (κ2) is 8.48. The monoisotopic (exact) mass is 313 g/mol. The lowest BCUT2D eigenvalue weighted by Gasteiger charge is -2.12. The number of nitrogens with zero attached hydrogens (tertiary/aromatic N) is 1. The van der Waals surface area contributed by atoms with Gasteiger partial charge in [0, 0.05) is 13.1 Å². The van der Waals surface area contributed by atoms with Crippen LogP contribution < -0.4 is 10.0 Å². The molecular weight excluding hydrogens is 286 g/mol. The molecule has 1 aromatic carbocycles. The lowest BCUT2D eigenvalue weighted by atomic mass is 10.1. The maximum Gasteiger partial charge on any atom is 0.240 e. The fourth-order valence-corrected chi connectivity index (χ4v) is 3.07. The number of hydrogen-bond acceptors (Lipinski definition) is 4. The van der Waals surface area contributed by atoms with Crippen LogP contribution in [0.1, 0.15) is 24.5 Å². The van der Waals surface area contributed by atoms with Crippen LogP contribution in [0.2, 0.25) is 0 Å². The van der Waals surface area contributed by atoms with Gasteiger partial charge >= 0.3 is 0 Å². The summed E-state index contributed by atoms with van der Waals surface area (Å²) >= 11 is 0. The summed E-state index contributed by atoms with van der Waals surface area (Å²) in [7, 11) is 0.529. The quantitative estimate of drug-likeness (QED) is 0.675. The van der Waals surface area contributed by atoms with Crippen LogP contribution in [0.5, 0.6) is 0 Å². The van der Waals surface area contributed by atoms with Gasteiger partial charge in [-0.2, -0.15) is 0 Å². The molecule has 0 aliphatic carbocycles. The average molecular weight is 313 g/mol. The Morgan fingerprint density at radius 3 is 2.57 bits per heavy atom. The molecule has 0 amide bonds. The molecule has 1 aromatic rings. The van der Waals surface area contributed by atoms with Crippen molar-refractivity contribution in [3.8, 4) is 0 Å². The van der Waals surface area contributed by atoms with Crippen molar-refractivity contribution in [1.29, 1.82) is 0 Å². The predicted octanol–water partition coefficient (Wildman–Crippen LogP) is 1.33. The van der Waals surface area contributed by atoms with Gasteiger partial charge in [0.05, 0.1) is 4.90 Å². The van der Waals surface area contributed by atoms with E-state index in [9.17, 15) is 8.42 Å². The molecule has 0 atom stereocenters. The smallest absolute Gasteiger partial charge is 0.240 e. The van der Waals surface area contributed by atoms with E-state index >= 15 is 0 Å². The molecule has 1 rings (SSSR count). The van der Waals surface area contributed by atoms with Crippen LogP contribution in [-0.2, 0) is 16.6 Å². The Kier molecular flexibility index (Phi) is 7.31. The summed E-state index contributed by atoms with van der Waals surface area (Å²) in [5.41, 5.74) is 2.12. The van der Waals surface area contributed by atoms with Crippen molar-refractivity contribution in [2.45, 2.75) is 31.7 Å². The van der Waals surface area contributed by atoms with Gasteiger partial charge in [-0.15, -0.1) is 0 Å². The summed E-state index contributed by atoms with van der Waals surface area (Å²) in [6, 6.07) is 5.28. The summed E-state index contributed by atoms with van der Waals surface area (Å²) in [5.74, 6) is 0. The predicted molar refractivity (Wildman–Crippen MR) is 86.9 cm³/mol. The fraction of sp³-hybridized carbons (Fsp3) is 0.600. The summed E-state index contributed by atoms with van der Waals surface area (Å²) in [4.78, 5) is 2.38. The molecule has 0 unspecified atom stereocenters. The number of benzene rings is 1. The number of rotatable bonds is 9. The average Bonchev–Trinajstić information content (AvgIpc) is 2.42. The Morgan fingerprint density at radius 2 is 1.95 bits per heavy atom. The lowest BCUT2D eigenvalue weighted by molar-refractivity contribution is 0.400. The molecule has 0 spiro atoms. The molecule has 0 aliphatic rings. The minimum absolute atomic E-state index is 0.339. The van der Waals surface area contributed by atoms with Gasteiger partial charge in [0.2, 0.25) is 10.0 Å². The van der Waals surface area contributed by atoms with Gasteiger partial charge in [-0.25, -0.2) is 13.1 Å². The normalized spacial score (nSPS) is 12.0. The molecule has 21 heavy (non-hydrogen) atoms. The first kappa shape index (κ1) is 18.1. The molecule has 0 heterocycles. The Balaban J connectivity index is 2.73. The highest BCUT2D eigenvalue weighted by atomic mass is 32.2. The maximum atomic E-state index is 12.3. The van der Waals surface area contributed by atoms with Crippen molar-refractivity contribution in [1.82, 2.24) is 14.9 Å². The zero-order valence-electron chi connectivity index (χ0n) is 13.4. The Hall–Kier alpha value is -0.950. The van der Waals surface area contributed by atoms with Crippen LogP contribution in [0.3, 0.4) is 0 Å². The summed E-state index contributed by atoms with van der Waals surface area (Å²) in [5, 5.41) is 3.23. The fourth-order valence-electron chi connectivity index (χ4n) is 1.95. The topological polar surface area (TPSA) is 61.4 Å². The summed E-state index contributed by atoms with van der Waals surface area (Å²) in [6.07, 6.45) is 0.794. The van der Waals surface area contributed by atoms with Crippen molar-refractivity contribution >= 4 is 10.0 Å². The summed E-state index contributed by atoms with van der Waals surface area (Å²) in [6.45, 7) is 6.89. The van der Waals surface area contributed by atoms with Crippen LogP contribution in [-0.4, -0.2) is 47.0 Å². The first-order chi connectivity index (χ1) is 9.86. The first-order valence-electron chi connectivity index (χ1n) is 7.31. The number of aryl methyl sites for hydroxylation is 1. The number of hydrogen-bond donors (Lipinski definition) is 2. The molecule has 120 valence electrons. The van der Waals surface area contributed by atoms with Crippen molar-refractivity contribution in [2.24, 2.45) is 0 Å². The second-order valence-corrected chi connectivity index (χ2v) is 7.19. The van der Waals surface area contributed by atoms with E-state index in [1.165, 1.54) is 0 Å². The van der Waals surface area contributed by atoms with E-state index in [2.05, 4.69) is 10.0 Å². The van der Waals surface area contributed by atoms with Gasteiger partial charge in [0.15, 0.2) is 0 Å². The van der Waals surface area contributed by atoms with E-state index in [1.807, 2.05) is 38.9 Å². The van der Waals surface area contributed by atoms with Crippen LogP contribution in [0, 0.1) is 6.92 Å². The van der Waals surface area contributed by atoms with E-state index in [0.29, 0.717) is 18.0 Å². The highest BCUT2D eigenvalue weighted by Gasteiger charge is 2.14. The van der Waals surface area contributed by atoms with Crippen molar-refractivity contribution < 1.29 is 8.42 Å². The Morgan fingerprint density at radius 1 is 1.24 bits per heavy atom. The standard InChI is InChI=1S/C15H27N3O2S/c1-5-16-12-14-11-15(8-7-13(14)2)21(19,20)17-9-6-10-18(3)4/h7-8,11,16-17H,5-6,9-10,12H2,1-4H3. The Bertz CT molecular complexity index is 542. The third-order valence-corrected chi connectivity index (χ3v) is 4.73. The molecule has 2 N–H and O–H groups in total. The first-order valence-corrected chi connectivity index (χ1v) is 8.79. The van der Waals surface area contributed by atoms with Crippen molar-refractivity contribution in [2.75, 3.05) is 33.7 Å². The van der Waals surface area contributed by atoms with Gasteiger partial charge in [-0.1, -0.05) is 13.0 Å². The van der Waals surface area contributed by atoms with Gasteiger partial charge in [0.25, 0.3) is 0 Å². The van der Waals surface area contributed by atoms with Crippen LogP contribution in [0.25, 0.3) is 0 Å². The molecule has 0 saturated heterocycles. The molecule has 0 aliphatic heterocycles. The summed E-state index contributed by atoms with van der Waals surface area (Å²) < 4.78 is 27.2.